The summed E-state index contributed by atoms with van der Waals surface area (Å²) >= 11 is 0. The minimum atomic E-state index is -0.925. The fourth-order valence-corrected chi connectivity index (χ4v) is 2.98. The third-order valence-electron chi connectivity index (χ3n) is 4.70. The molecule has 29 heavy (non-hydrogen) atoms. The zero-order valence-electron chi connectivity index (χ0n) is 16.9. The molecular weight excluding hydrogens is 366 g/mol. The van der Waals surface area contributed by atoms with Crippen molar-refractivity contribution in [1.82, 2.24) is 0 Å². The molecule has 150 valence electrons. The monoisotopic (exact) mass is 391 g/mol. The van der Waals surface area contributed by atoms with Gasteiger partial charge in [0.15, 0.2) is 11.5 Å². The topological polar surface area (TPSA) is 67.8 Å². The molecule has 2 N–H and O–H groups in total. The summed E-state index contributed by atoms with van der Waals surface area (Å²) in [6, 6.07) is 19.1. The van der Waals surface area contributed by atoms with Gasteiger partial charge in [0.2, 0.25) is 0 Å². The number of anilines is 1. The molecule has 0 spiro atoms. The maximum Gasteiger partial charge on any atom is 0.335 e. The Hall–Kier alpha value is -3.47. The van der Waals surface area contributed by atoms with Gasteiger partial charge in [-0.2, -0.15) is 0 Å². The first-order valence-electron chi connectivity index (χ1n) is 9.39. The summed E-state index contributed by atoms with van der Waals surface area (Å²) in [5.74, 6) is 0.443. The standard InChI is InChI=1S/C24H25NO4/c1-16-4-6-18(7-5-16)15-29-22-11-8-19(13-23(22)28-3)14-25-21-10-9-20(24(26)27)12-17(21)2/h4-13,25H,14-15H2,1-3H3,(H,26,27). The molecule has 5 heteroatoms. The normalized spacial score (nSPS) is 10.4. The van der Waals surface area contributed by atoms with Gasteiger partial charge in [0, 0.05) is 12.2 Å². The molecule has 0 heterocycles. The highest BCUT2D eigenvalue weighted by Crippen LogP contribution is 2.29. The lowest BCUT2D eigenvalue weighted by Crippen LogP contribution is -2.04. The quantitative estimate of drug-likeness (QED) is 0.552. The van der Waals surface area contributed by atoms with Gasteiger partial charge in [-0.15, -0.1) is 0 Å². The van der Waals surface area contributed by atoms with E-state index in [4.69, 9.17) is 14.6 Å². The van der Waals surface area contributed by atoms with Crippen molar-refractivity contribution in [2.75, 3.05) is 12.4 Å². The van der Waals surface area contributed by atoms with Crippen LogP contribution in [0.5, 0.6) is 11.5 Å². The number of methoxy groups -OCH3 is 1. The molecule has 0 radical (unpaired) electrons. The van der Waals surface area contributed by atoms with Crippen molar-refractivity contribution in [2.45, 2.75) is 27.0 Å². The Kier molecular flexibility index (Phi) is 6.39. The second kappa shape index (κ2) is 9.15. The summed E-state index contributed by atoms with van der Waals surface area (Å²) in [6.45, 7) is 5.00. The SMILES string of the molecule is COc1cc(CNc2ccc(C(=O)O)cc2C)ccc1OCc1ccc(C)cc1. The van der Waals surface area contributed by atoms with E-state index in [2.05, 4.69) is 36.5 Å². The number of carboxylic acids is 1. The number of ether oxygens (including phenoxy) is 2. The van der Waals surface area contributed by atoms with E-state index in [0.717, 1.165) is 22.4 Å². The van der Waals surface area contributed by atoms with Crippen molar-refractivity contribution in [1.29, 1.82) is 0 Å². The molecule has 0 aliphatic heterocycles. The Labute approximate surface area is 170 Å². The molecule has 0 saturated heterocycles. The number of aryl methyl sites for hydroxylation is 2. The first-order chi connectivity index (χ1) is 14.0. The van der Waals surface area contributed by atoms with Gasteiger partial charge in [-0.1, -0.05) is 35.9 Å². The summed E-state index contributed by atoms with van der Waals surface area (Å²) in [4.78, 5) is 11.1. The minimum absolute atomic E-state index is 0.282. The smallest absolute Gasteiger partial charge is 0.335 e. The van der Waals surface area contributed by atoms with Gasteiger partial charge < -0.3 is 19.9 Å². The molecular formula is C24H25NO4. The number of hydrogen-bond acceptors (Lipinski definition) is 4. The fourth-order valence-electron chi connectivity index (χ4n) is 2.98. The number of aromatic carboxylic acids is 1. The van der Waals surface area contributed by atoms with Crippen LogP contribution in [0.1, 0.15) is 32.6 Å². The number of rotatable bonds is 8. The number of benzene rings is 3. The Balaban J connectivity index is 1.65. The maximum absolute atomic E-state index is 11.1. The lowest BCUT2D eigenvalue weighted by atomic mass is 10.1. The second-order valence-electron chi connectivity index (χ2n) is 6.95. The molecule has 5 nitrogen and oxygen atoms in total. The highest BCUT2D eigenvalue weighted by molar-refractivity contribution is 5.88. The average molecular weight is 391 g/mol. The molecule has 3 aromatic carbocycles. The lowest BCUT2D eigenvalue weighted by Gasteiger charge is -2.14. The van der Waals surface area contributed by atoms with Crippen LogP contribution in [0.2, 0.25) is 0 Å². The zero-order valence-corrected chi connectivity index (χ0v) is 16.9. The van der Waals surface area contributed by atoms with Crippen LogP contribution in [0.15, 0.2) is 60.7 Å². The predicted octanol–water partition coefficient (Wildman–Crippen LogP) is 5.20. The molecule has 0 fully saturated rings. The lowest BCUT2D eigenvalue weighted by molar-refractivity contribution is 0.0697. The molecule has 0 aliphatic rings. The second-order valence-corrected chi connectivity index (χ2v) is 6.95. The molecule has 0 aromatic heterocycles. The molecule has 0 atom stereocenters. The van der Waals surface area contributed by atoms with Gasteiger partial charge in [0.05, 0.1) is 12.7 Å². The van der Waals surface area contributed by atoms with Crippen LogP contribution in [0.4, 0.5) is 5.69 Å². The van der Waals surface area contributed by atoms with E-state index in [9.17, 15) is 4.79 Å². The van der Waals surface area contributed by atoms with E-state index in [1.54, 1.807) is 25.3 Å². The van der Waals surface area contributed by atoms with Crippen molar-refractivity contribution >= 4 is 11.7 Å². The average Bonchev–Trinajstić information content (AvgIpc) is 2.72. The van der Waals surface area contributed by atoms with Gasteiger partial charge in [0.1, 0.15) is 6.61 Å². The van der Waals surface area contributed by atoms with Gasteiger partial charge in [-0.3, -0.25) is 0 Å². The highest BCUT2D eigenvalue weighted by atomic mass is 16.5. The van der Waals surface area contributed by atoms with E-state index >= 15 is 0 Å². The minimum Gasteiger partial charge on any atom is -0.493 e. The summed E-state index contributed by atoms with van der Waals surface area (Å²) in [5.41, 5.74) is 5.42. The third-order valence-corrected chi connectivity index (χ3v) is 4.70. The highest BCUT2D eigenvalue weighted by Gasteiger charge is 2.08. The summed E-state index contributed by atoms with van der Waals surface area (Å²) in [5, 5.41) is 12.4. The Morgan fingerprint density at radius 2 is 1.66 bits per heavy atom. The largest absolute Gasteiger partial charge is 0.493 e. The number of hydrogen-bond donors (Lipinski definition) is 2. The number of carboxylic acid groups (broad SMARTS) is 1. The first-order valence-corrected chi connectivity index (χ1v) is 9.39. The van der Waals surface area contributed by atoms with Gasteiger partial charge in [0.25, 0.3) is 0 Å². The van der Waals surface area contributed by atoms with E-state index in [-0.39, 0.29) is 5.56 Å². The van der Waals surface area contributed by atoms with Crippen LogP contribution >= 0.6 is 0 Å². The van der Waals surface area contributed by atoms with Crippen LogP contribution in [-0.2, 0) is 13.2 Å². The van der Waals surface area contributed by atoms with Crippen LogP contribution < -0.4 is 14.8 Å². The molecule has 0 unspecified atom stereocenters. The Morgan fingerprint density at radius 1 is 0.931 bits per heavy atom. The van der Waals surface area contributed by atoms with Crippen molar-refractivity contribution < 1.29 is 19.4 Å². The van der Waals surface area contributed by atoms with Gasteiger partial charge >= 0.3 is 5.97 Å². The Morgan fingerprint density at radius 3 is 2.31 bits per heavy atom. The van der Waals surface area contributed by atoms with Crippen molar-refractivity contribution in [2.24, 2.45) is 0 Å². The van der Waals surface area contributed by atoms with Crippen LogP contribution in [0, 0.1) is 13.8 Å². The summed E-state index contributed by atoms with van der Waals surface area (Å²) in [7, 11) is 1.63. The molecule has 0 saturated carbocycles. The Bertz CT molecular complexity index is 996. The van der Waals surface area contributed by atoms with Crippen LogP contribution in [-0.4, -0.2) is 18.2 Å². The van der Waals surface area contributed by atoms with E-state index < -0.39 is 5.97 Å². The van der Waals surface area contributed by atoms with E-state index in [1.165, 1.54) is 5.56 Å². The van der Waals surface area contributed by atoms with Gasteiger partial charge in [-0.25, -0.2) is 4.79 Å². The number of nitrogens with one attached hydrogen (secondary N) is 1. The molecule has 3 aromatic rings. The number of carbonyl (C=O) groups is 1. The van der Waals surface area contributed by atoms with Crippen LogP contribution in [0.25, 0.3) is 0 Å². The maximum atomic E-state index is 11.1. The van der Waals surface area contributed by atoms with Gasteiger partial charge in [-0.05, 0) is 60.9 Å². The van der Waals surface area contributed by atoms with Crippen molar-refractivity contribution in [3.05, 3.63) is 88.5 Å². The third kappa shape index (κ3) is 5.29. The van der Waals surface area contributed by atoms with E-state index in [1.807, 2.05) is 25.1 Å². The zero-order chi connectivity index (χ0) is 20.8. The molecule has 3 rings (SSSR count). The molecule has 0 aliphatic carbocycles. The predicted molar refractivity (Wildman–Crippen MR) is 114 cm³/mol. The van der Waals surface area contributed by atoms with Crippen molar-refractivity contribution in [3.8, 4) is 11.5 Å². The molecule has 0 bridgehead atoms. The van der Waals surface area contributed by atoms with E-state index in [0.29, 0.717) is 24.7 Å². The first kappa shape index (κ1) is 20.3. The molecule has 0 amide bonds. The van der Waals surface area contributed by atoms with Crippen LogP contribution in [0.3, 0.4) is 0 Å². The summed E-state index contributed by atoms with van der Waals surface area (Å²) < 4.78 is 11.4. The summed E-state index contributed by atoms with van der Waals surface area (Å²) in [6.07, 6.45) is 0. The fraction of sp³-hybridized carbons (Fsp3) is 0.208. The van der Waals surface area contributed by atoms with Crippen molar-refractivity contribution in [3.63, 3.8) is 0 Å².